The Kier molecular flexibility index (Phi) is 9.84. The number of rotatable bonds is 8. The normalized spacial score (nSPS) is 13.5. The van der Waals surface area contributed by atoms with E-state index in [0.717, 1.165) is 94.5 Å². The number of ether oxygens (including phenoxy) is 2. The van der Waals surface area contributed by atoms with E-state index in [1.165, 1.54) is 5.56 Å². The van der Waals surface area contributed by atoms with Gasteiger partial charge in [0, 0.05) is 15.9 Å². The van der Waals surface area contributed by atoms with Gasteiger partial charge in [-0.15, -0.1) is 0 Å². The average molecular weight is 1080 g/mol. The Bertz CT molecular complexity index is 3890. The van der Waals surface area contributed by atoms with Crippen molar-refractivity contribution in [2.24, 2.45) is 0 Å². The minimum atomic E-state index is -2.41. The molecule has 8 aromatic carbocycles. The second-order valence-electron chi connectivity index (χ2n) is 18.6. The summed E-state index contributed by atoms with van der Waals surface area (Å²) >= 11 is 2.47. The molecule has 11 aromatic rings. The first-order chi connectivity index (χ1) is 34.9. The van der Waals surface area contributed by atoms with Gasteiger partial charge in [-0.1, -0.05) is 30.3 Å². The molecule has 0 spiro atoms. The summed E-state index contributed by atoms with van der Waals surface area (Å²) < 4.78 is 46.4. The predicted molar refractivity (Wildman–Crippen MR) is 276 cm³/mol. The van der Waals surface area contributed by atoms with Gasteiger partial charge in [-0.3, -0.25) is 0 Å². The minimum absolute atomic E-state index is 0.103. The van der Waals surface area contributed by atoms with Crippen molar-refractivity contribution >= 4 is 32.8 Å². The molecular formula is C62H48N4O2Pt-2. The summed E-state index contributed by atoms with van der Waals surface area (Å²) in [5.74, 6) is 2.26. The van der Waals surface area contributed by atoms with E-state index < -0.39 is 6.85 Å². The number of imidazole rings is 1. The zero-order valence-corrected chi connectivity index (χ0v) is 40.6. The summed E-state index contributed by atoms with van der Waals surface area (Å²) in [5, 5.41) is 1.93. The second kappa shape index (κ2) is 17.2. The number of fused-ring (bicyclic) bond motifs is 5. The van der Waals surface area contributed by atoms with Crippen LogP contribution in [0, 0.1) is 22.8 Å². The Balaban J connectivity index is 1.01. The van der Waals surface area contributed by atoms with Gasteiger partial charge in [-0.05, 0) is 36.4 Å². The number of aromatic nitrogens is 4. The maximum absolute atomic E-state index is 8.64. The summed E-state index contributed by atoms with van der Waals surface area (Å²) in [4.78, 5) is 4.96. The maximum atomic E-state index is 8.64. The zero-order valence-electron chi connectivity index (χ0n) is 41.4. The first-order valence-electron chi connectivity index (χ1n) is 24.8. The van der Waals surface area contributed by atoms with Gasteiger partial charge in [0.25, 0.3) is 0 Å². The van der Waals surface area contributed by atoms with Crippen molar-refractivity contribution in [2.45, 2.75) is 45.9 Å². The standard InChI is InChI=1S/C62H48N4O2.Pt/c1-41-32-60(63-39-54(41)44-22-12-7-13-23-44)66-57-37-49(29-30-50(57)53-33-45-24-17-31-67-59(45)38-58(53)66)68-48-26-16-25-47(36-48)64-40-65(56-28-15-14-27-55(56)64)61-51(42-18-8-5-9-19-42)34-46(62(2,3)4)35-52(61)43-20-10-6-11-21-43;/h5-16,18-23,25-30,32-35,38-39H,17,24,31H2,1-4H3;/q-2;/i1D3;. The van der Waals surface area contributed by atoms with Crippen molar-refractivity contribution in [3.8, 4) is 67.8 Å². The third-order valence-corrected chi connectivity index (χ3v) is 14.2. The monoisotopic (exact) mass is 1080 g/mol. The smallest absolute Gasteiger partial charge is 0.493 e. The molecule has 3 aromatic heterocycles. The fraction of sp³-hybridized carbons (Fsp3) is 0.129. The molecule has 0 fully saturated rings. The summed E-state index contributed by atoms with van der Waals surface area (Å²) in [6, 6.07) is 67.3. The van der Waals surface area contributed by atoms with Crippen LogP contribution >= 0.6 is 0 Å². The van der Waals surface area contributed by atoms with Crippen LogP contribution in [-0.2, 0) is 31.2 Å². The van der Waals surface area contributed by atoms with Crippen LogP contribution < -0.4 is 9.47 Å². The van der Waals surface area contributed by atoms with Gasteiger partial charge < -0.3 is 4.74 Å². The van der Waals surface area contributed by atoms with Gasteiger partial charge in [-0.25, -0.2) is 0 Å². The van der Waals surface area contributed by atoms with Gasteiger partial charge in [0.2, 0.25) is 0 Å². The molecule has 7 heteroatoms. The van der Waals surface area contributed by atoms with Crippen molar-refractivity contribution in [1.29, 1.82) is 0 Å². The molecule has 1 aliphatic rings. The number of nitrogens with zero attached hydrogens (tertiary/aromatic N) is 4. The zero-order chi connectivity index (χ0) is 49.3. The molecule has 1 aliphatic heterocycles. The minimum Gasteiger partial charge on any atom is -0.493 e. The molecule has 0 N–H and O–H groups in total. The molecule has 69 heavy (non-hydrogen) atoms. The van der Waals surface area contributed by atoms with Gasteiger partial charge in [0.1, 0.15) is 5.75 Å². The fourth-order valence-corrected chi connectivity index (χ4v) is 10.8. The molecule has 12 rings (SSSR count). The third kappa shape index (κ3) is 7.64. The van der Waals surface area contributed by atoms with Crippen LogP contribution in [0.1, 0.15) is 48.0 Å². The van der Waals surface area contributed by atoms with Gasteiger partial charge >= 0.3 is 320 Å². The van der Waals surface area contributed by atoms with Crippen molar-refractivity contribution in [2.75, 3.05) is 6.61 Å². The summed E-state index contributed by atoms with van der Waals surface area (Å²) in [7, 11) is 0. The Hall–Kier alpha value is -7.53. The molecular weight excluding hydrogens is 1030 g/mol. The molecule has 0 unspecified atom stereocenters. The van der Waals surface area contributed by atoms with E-state index in [9.17, 15) is 0 Å². The summed E-state index contributed by atoms with van der Waals surface area (Å²) in [6.07, 6.45) is 3.51. The molecule has 0 amide bonds. The number of benzene rings is 8. The fourth-order valence-electron chi connectivity index (χ4n) is 9.76. The van der Waals surface area contributed by atoms with E-state index in [4.69, 9.17) is 18.6 Å². The SMILES string of the molecule is [2H]C([2H])([2H])c1cc(-n2c3[c-]c(Oc4[c-]c(-n5[c](=[Pt])n(-c6c(-c7ccccc7)cc(C(C)(C)C)cc6-c6ccccc6)c6ccccc65)ccc4)ccc3c3cc4c(cc32)OCCC4)ncc1-c1ccccc1. The molecule has 0 aliphatic carbocycles. The van der Waals surface area contributed by atoms with Crippen molar-refractivity contribution in [1.82, 2.24) is 18.7 Å². The van der Waals surface area contributed by atoms with E-state index in [1.54, 1.807) is 12.3 Å². The van der Waals surface area contributed by atoms with E-state index in [2.05, 4.69) is 177 Å². The van der Waals surface area contributed by atoms with Crippen molar-refractivity contribution in [3.63, 3.8) is 0 Å². The molecule has 0 atom stereocenters. The van der Waals surface area contributed by atoms with E-state index >= 15 is 0 Å². The molecule has 6 nitrogen and oxygen atoms in total. The van der Waals surface area contributed by atoms with Crippen LogP contribution in [0.15, 0.2) is 182 Å². The van der Waals surface area contributed by atoms with Crippen LogP contribution in [-0.4, -0.2) is 25.3 Å². The van der Waals surface area contributed by atoms with Crippen LogP contribution in [0.5, 0.6) is 17.2 Å². The quantitative estimate of drug-likeness (QED) is 0.142. The first-order valence-corrected chi connectivity index (χ1v) is 24.4. The van der Waals surface area contributed by atoms with Crippen LogP contribution in [0.2, 0.25) is 0 Å². The first kappa shape index (κ1) is 39.5. The molecule has 340 valence electrons. The number of hydrogen-bond acceptors (Lipinski definition) is 3. The Morgan fingerprint density at radius 3 is 1.93 bits per heavy atom. The molecule has 0 saturated heterocycles. The number of pyridine rings is 1. The van der Waals surface area contributed by atoms with E-state index in [1.807, 2.05) is 59.2 Å². The molecule has 0 saturated carbocycles. The number of hydrogen-bond donors (Lipinski definition) is 0. The van der Waals surface area contributed by atoms with Gasteiger partial charge in [-0.2, -0.15) is 0 Å². The van der Waals surface area contributed by atoms with Gasteiger partial charge in [0.05, 0.1) is 6.61 Å². The Labute approximate surface area is 417 Å². The van der Waals surface area contributed by atoms with E-state index in [-0.39, 0.29) is 11.0 Å². The second-order valence-corrected chi connectivity index (χ2v) is 19.6. The number of para-hydroxylation sites is 2. The van der Waals surface area contributed by atoms with Crippen LogP contribution in [0.25, 0.3) is 83.4 Å². The van der Waals surface area contributed by atoms with Crippen molar-refractivity contribution < 1.29 is 32.9 Å². The summed E-state index contributed by atoms with van der Waals surface area (Å²) in [6.45, 7) is 5.05. The van der Waals surface area contributed by atoms with Crippen LogP contribution in [0.3, 0.4) is 0 Å². The predicted octanol–water partition coefficient (Wildman–Crippen LogP) is 15.3. The van der Waals surface area contributed by atoms with Gasteiger partial charge in [0.15, 0.2) is 0 Å². The number of aryl methyl sites for hydroxylation is 2. The Morgan fingerprint density at radius 2 is 1.26 bits per heavy atom. The van der Waals surface area contributed by atoms with Crippen LogP contribution in [0.4, 0.5) is 0 Å². The topological polar surface area (TPSA) is 46.1 Å². The molecule has 0 radical (unpaired) electrons. The summed E-state index contributed by atoms with van der Waals surface area (Å²) in [5.41, 5.74) is 13.9. The third-order valence-electron chi connectivity index (χ3n) is 13.2. The van der Waals surface area contributed by atoms with Crippen molar-refractivity contribution in [3.05, 3.63) is 215 Å². The average Bonchev–Trinajstić information content (AvgIpc) is 3.87. The molecule has 0 bridgehead atoms. The molecule has 4 heterocycles. The Morgan fingerprint density at radius 1 is 0.623 bits per heavy atom. The van der Waals surface area contributed by atoms with E-state index in [0.29, 0.717) is 35.0 Å².